The Kier molecular flexibility index (Phi) is 10.9. The van der Waals surface area contributed by atoms with Crippen molar-refractivity contribution in [3.63, 3.8) is 0 Å². The number of para-hydroxylation sites is 1. The lowest BCUT2D eigenvalue weighted by Crippen LogP contribution is -2.55. The van der Waals surface area contributed by atoms with Crippen LogP contribution < -0.4 is 9.62 Å². The molecule has 1 N–H and O–H groups in total. The Morgan fingerprint density at radius 3 is 2.02 bits per heavy atom. The van der Waals surface area contributed by atoms with E-state index in [0.29, 0.717) is 21.3 Å². The monoisotopic (exact) mass is 630 g/mol. The van der Waals surface area contributed by atoms with E-state index in [9.17, 15) is 18.0 Å². The normalized spacial score (nSPS) is 14.5. The maximum atomic E-state index is 14.3. The van der Waals surface area contributed by atoms with Gasteiger partial charge < -0.3 is 10.2 Å². The smallest absolute Gasteiger partial charge is 0.304 e. The highest BCUT2D eigenvalue weighted by atomic mass is 35.5. The highest BCUT2D eigenvalue weighted by Gasteiger charge is 2.36. The number of rotatable bonds is 12. The molecule has 42 heavy (non-hydrogen) atoms. The van der Waals surface area contributed by atoms with Gasteiger partial charge in [0.15, 0.2) is 0 Å². The predicted octanol–water partition coefficient (Wildman–Crippen LogP) is 5.31. The average molecular weight is 632 g/mol. The van der Waals surface area contributed by atoms with Gasteiger partial charge in [0.05, 0.1) is 5.69 Å². The van der Waals surface area contributed by atoms with Crippen LogP contribution in [0, 0.1) is 0 Å². The van der Waals surface area contributed by atoms with Crippen molar-refractivity contribution in [3.8, 4) is 0 Å². The molecule has 8 nitrogen and oxygen atoms in total. The lowest BCUT2D eigenvalue weighted by atomic mass is 10.0. The van der Waals surface area contributed by atoms with E-state index in [1.807, 2.05) is 30.3 Å². The van der Waals surface area contributed by atoms with Crippen LogP contribution >= 0.6 is 23.2 Å². The second-order valence-corrected chi connectivity index (χ2v) is 13.4. The fraction of sp³-hybridized carbons (Fsp3) is 0.355. The van der Waals surface area contributed by atoms with Gasteiger partial charge in [-0.1, -0.05) is 90.6 Å². The van der Waals surface area contributed by atoms with E-state index in [1.165, 1.54) is 19.0 Å². The third-order valence-electron chi connectivity index (χ3n) is 7.43. The highest BCUT2D eigenvalue weighted by molar-refractivity contribution is 7.90. The molecule has 0 spiro atoms. The Morgan fingerprint density at radius 1 is 0.881 bits per heavy atom. The Hall–Kier alpha value is -3.11. The van der Waals surface area contributed by atoms with Crippen LogP contribution in [0.2, 0.25) is 10.0 Å². The van der Waals surface area contributed by atoms with Gasteiger partial charge in [-0.15, -0.1) is 0 Å². The van der Waals surface area contributed by atoms with Crippen molar-refractivity contribution in [1.82, 2.24) is 14.5 Å². The Balaban J connectivity index is 1.78. The number of carbonyl (C=O) groups is 2. The van der Waals surface area contributed by atoms with E-state index in [-0.39, 0.29) is 24.9 Å². The minimum Gasteiger partial charge on any atom is -0.352 e. The van der Waals surface area contributed by atoms with Gasteiger partial charge in [-0.25, -0.2) is 4.31 Å². The molecule has 4 rings (SSSR count). The molecule has 2 amide bonds. The first kappa shape index (κ1) is 31.8. The van der Waals surface area contributed by atoms with Crippen LogP contribution in [-0.4, -0.2) is 62.2 Å². The van der Waals surface area contributed by atoms with Gasteiger partial charge in [-0.05, 0) is 42.7 Å². The number of carbonyl (C=O) groups excluding carboxylic acids is 2. The first-order valence-corrected chi connectivity index (χ1v) is 16.0. The molecule has 1 fully saturated rings. The molecule has 0 radical (unpaired) electrons. The number of hydrogen-bond acceptors (Lipinski definition) is 4. The van der Waals surface area contributed by atoms with Crippen LogP contribution in [0.1, 0.15) is 36.8 Å². The van der Waals surface area contributed by atoms with Crippen molar-refractivity contribution in [2.45, 2.75) is 50.7 Å². The number of anilines is 1. The van der Waals surface area contributed by atoms with Gasteiger partial charge in [-0.2, -0.15) is 12.7 Å². The number of nitrogens with zero attached hydrogens (tertiary/aromatic N) is 3. The van der Waals surface area contributed by atoms with Gasteiger partial charge in [-0.3, -0.25) is 9.59 Å². The SMILES string of the molecule is CN(C)S(=O)(=O)N(CC(=O)N(Cc1c(Cl)cccc1Cl)[C@H](Cc1ccccc1)C(=O)NC1CCCC1)c1ccccc1. The first-order chi connectivity index (χ1) is 20.1. The highest BCUT2D eigenvalue weighted by Crippen LogP contribution is 2.28. The quantitative estimate of drug-likeness (QED) is 0.294. The topological polar surface area (TPSA) is 90.0 Å². The first-order valence-electron chi connectivity index (χ1n) is 13.9. The van der Waals surface area contributed by atoms with Gasteiger partial charge in [0.25, 0.3) is 0 Å². The summed E-state index contributed by atoms with van der Waals surface area (Å²) in [6.07, 6.45) is 4.02. The van der Waals surface area contributed by atoms with Crippen molar-refractivity contribution in [1.29, 1.82) is 0 Å². The van der Waals surface area contributed by atoms with Gasteiger partial charge in [0.2, 0.25) is 11.8 Å². The van der Waals surface area contributed by atoms with E-state index in [4.69, 9.17) is 23.2 Å². The maximum absolute atomic E-state index is 14.3. The van der Waals surface area contributed by atoms with E-state index >= 15 is 0 Å². The number of nitrogens with one attached hydrogen (secondary N) is 1. The zero-order chi connectivity index (χ0) is 30.3. The number of halogens is 2. The molecular weight excluding hydrogens is 595 g/mol. The van der Waals surface area contributed by atoms with Crippen LogP contribution in [0.25, 0.3) is 0 Å². The molecule has 3 aromatic carbocycles. The number of benzene rings is 3. The van der Waals surface area contributed by atoms with Gasteiger partial charge >= 0.3 is 10.2 Å². The molecule has 0 unspecified atom stereocenters. The van der Waals surface area contributed by atoms with E-state index in [2.05, 4.69) is 5.32 Å². The molecule has 0 aromatic heterocycles. The Morgan fingerprint density at radius 2 is 1.45 bits per heavy atom. The van der Waals surface area contributed by atoms with Crippen LogP contribution in [0.15, 0.2) is 78.9 Å². The molecule has 0 bridgehead atoms. The molecule has 3 aromatic rings. The summed E-state index contributed by atoms with van der Waals surface area (Å²) in [5.41, 5.74) is 1.65. The predicted molar refractivity (Wildman–Crippen MR) is 168 cm³/mol. The van der Waals surface area contributed by atoms with Crippen molar-refractivity contribution in [3.05, 3.63) is 100 Å². The minimum atomic E-state index is -4.07. The molecule has 11 heteroatoms. The fourth-order valence-corrected chi connectivity index (χ4v) is 6.66. The van der Waals surface area contributed by atoms with Crippen LogP contribution in [0.5, 0.6) is 0 Å². The molecule has 0 heterocycles. The second kappa shape index (κ2) is 14.4. The summed E-state index contributed by atoms with van der Waals surface area (Å²) in [6.45, 7) is -0.619. The minimum absolute atomic E-state index is 0.0200. The summed E-state index contributed by atoms with van der Waals surface area (Å²) in [7, 11) is -1.25. The van der Waals surface area contributed by atoms with Crippen LogP contribution in [0.3, 0.4) is 0 Å². The molecule has 1 saturated carbocycles. The summed E-state index contributed by atoms with van der Waals surface area (Å²) in [5, 5.41) is 3.83. The lowest BCUT2D eigenvalue weighted by molar-refractivity contribution is -0.140. The van der Waals surface area contributed by atoms with Crippen molar-refractivity contribution < 1.29 is 18.0 Å². The molecule has 224 valence electrons. The Bertz CT molecular complexity index is 1450. The van der Waals surface area contributed by atoms with E-state index < -0.39 is 28.7 Å². The molecule has 0 aliphatic heterocycles. The van der Waals surface area contributed by atoms with Crippen molar-refractivity contribution in [2.75, 3.05) is 24.9 Å². The van der Waals surface area contributed by atoms with Gasteiger partial charge in [0.1, 0.15) is 12.6 Å². The molecule has 0 saturated heterocycles. The van der Waals surface area contributed by atoms with Crippen molar-refractivity contribution in [2.24, 2.45) is 0 Å². The molecular formula is C31H36Cl2N4O4S. The zero-order valence-electron chi connectivity index (χ0n) is 23.7. The van der Waals surface area contributed by atoms with Crippen molar-refractivity contribution >= 4 is 50.9 Å². The van der Waals surface area contributed by atoms with Crippen LogP contribution in [-0.2, 0) is 32.8 Å². The summed E-state index contributed by atoms with van der Waals surface area (Å²) in [5.74, 6) is -0.869. The standard InChI is InChI=1S/C31H36Cl2N4O4S/c1-35(2)42(40,41)37(25-16-7-4-8-17-25)22-30(38)36(21-26-27(32)18-11-19-28(26)33)29(20-23-12-5-3-6-13-23)31(39)34-24-14-9-10-15-24/h3-8,11-13,16-19,24,29H,9-10,14-15,20-22H2,1-2H3,(H,34,39)/t29-/m1/s1. The largest absolute Gasteiger partial charge is 0.352 e. The molecule has 1 atom stereocenters. The average Bonchev–Trinajstić information content (AvgIpc) is 3.48. The van der Waals surface area contributed by atoms with Crippen LogP contribution in [0.4, 0.5) is 5.69 Å². The fourth-order valence-electron chi connectivity index (χ4n) is 5.09. The summed E-state index contributed by atoms with van der Waals surface area (Å²) in [4.78, 5) is 29.7. The van der Waals surface area contributed by atoms with E-state index in [1.54, 1.807) is 48.5 Å². The maximum Gasteiger partial charge on any atom is 0.304 e. The molecule has 1 aliphatic carbocycles. The summed E-state index contributed by atoms with van der Waals surface area (Å²) >= 11 is 13.1. The van der Waals surface area contributed by atoms with Gasteiger partial charge in [0, 0.05) is 48.7 Å². The number of hydrogen-bond donors (Lipinski definition) is 1. The summed E-state index contributed by atoms with van der Waals surface area (Å²) in [6, 6.07) is 21.9. The zero-order valence-corrected chi connectivity index (χ0v) is 26.1. The second-order valence-electron chi connectivity index (χ2n) is 10.5. The number of amides is 2. The Labute approximate surface area is 258 Å². The lowest BCUT2D eigenvalue weighted by Gasteiger charge is -2.35. The van der Waals surface area contributed by atoms with E-state index in [0.717, 1.165) is 39.9 Å². The third-order valence-corrected chi connectivity index (χ3v) is 9.95. The molecule has 1 aliphatic rings. The summed E-state index contributed by atoms with van der Waals surface area (Å²) < 4.78 is 29.0. The third kappa shape index (κ3) is 7.83.